The second-order valence-electron chi connectivity index (χ2n) is 2.26. The number of aromatic nitrogens is 1. The SMILES string of the molecule is Nc1nc2c(Br)ccc(Cl)c2s1. The van der Waals surface area contributed by atoms with E-state index >= 15 is 0 Å². The van der Waals surface area contributed by atoms with Gasteiger partial charge in [-0.05, 0) is 28.1 Å². The summed E-state index contributed by atoms with van der Waals surface area (Å²) >= 11 is 10.7. The number of hydrogen-bond donors (Lipinski definition) is 1. The van der Waals surface area contributed by atoms with Crippen molar-refractivity contribution in [3.05, 3.63) is 21.6 Å². The summed E-state index contributed by atoms with van der Waals surface area (Å²) in [5, 5.41) is 1.24. The fourth-order valence-electron chi connectivity index (χ4n) is 0.961. The van der Waals surface area contributed by atoms with Crippen molar-refractivity contribution in [1.29, 1.82) is 0 Å². The van der Waals surface area contributed by atoms with Gasteiger partial charge in [0.25, 0.3) is 0 Å². The van der Waals surface area contributed by atoms with Gasteiger partial charge in [-0.25, -0.2) is 4.98 Å². The third-order valence-electron chi connectivity index (χ3n) is 1.46. The van der Waals surface area contributed by atoms with E-state index in [1.807, 2.05) is 12.1 Å². The van der Waals surface area contributed by atoms with Crippen molar-refractivity contribution in [1.82, 2.24) is 4.98 Å². The van der Waals surface area contributed by atoms with Gasteiger partial charge in [0.2, 0.25) is 0 Å². The second kappa shape index (κ2) is 2.87. The van der Waals surface area contributed by atoms with E-state index in [1.165, 1.54) is 11.3 Å². The Morgan fingerprint density at radius 1 is 1.50 bits per heavy atom. The summed E-state index contributed by atoms with van der Waals surface area (Å²) in [7, 11) is 0. The van der Waals surface area contributed by atoms with Crippen LogP contribution in [-0.4, -0.2) is 4.98 Å². The molecule has 0 fully saturated rings. The summed E-state index contributed by atoms with van der Waals surface area (Å²) in [5.74, 6) is 0. The molecule has 0 unspecified atom stereocenters. The summed E-state index contributed by atoms with van der Waals surface area (Å²) in [6, 6.07) is 3.69. The number of rotatable bonds is 0. The van der Waals surface area contributed by atoms with Crippen LogP contribution in [0.1, 0.15) is 0 Å². The van der Waals surface area contributed by atoms with Gasteiger partial charge >= 0.3 is 0 Å². The first-order chi connectivity index (χ1) is 5.68. The average Bonchev–Trinajstić information content (AvgIpc) is 2.41. The van der Waals surface area contributed by atoms with Gasteiger partial charge < -0.3 is 5.73 Å². The third kappa shape index (κ3) is 1.20. The van der Waals surface area contributed by atoms with Gasteiger partial charge in [-0.2, -0.15) is 0 Å². The van der Waals surface area contributed by atoms with Crippen LogP contribution in [0.25, 0.3) is 10.2 Å². The van der Waals surface area contributed by atoms with Gasteiger partial charge in [0.15, 0.2) is 5.13 Å². The van der Waals surface area contributed by atoms with Crippen LogP contribution in [0.4, 0.5) is 5.13 Å². The van der Waals surface area contributed by atoms with Gasteiger partial charge in [0, 0.05) is 4.47 Å². The van der Waals surface area contributed by atoms with Crippen LogP contribution < -0.4 is 5.73 Å². The van der Waals surface area contributed by atoms with Crippen molar-refractivity contribution in [2.45, 2.75) is 0 Å². The monoisotopic (exact) mass is 262 g/mol. The molecule has 1 aromatic carbocycles. The molecule has 0 atom stereocenters. The number of nitrogens with zero attached hydrogens (tertiary/aromatic N) is 1. The first-order valence-corrected chi connectivity index (χ1v) is 5.17. The Balaban J connectivity index is 2.93. The van der Waals surface area contributed by atoms with E-state index in [0.717, 1.165) is 14.7 Å². The number of hydrogen-bond acceptors (Lipinski definition) is 3. The van der Waals surface area contributed by atoms with E-state index < -0.39 is 0 Å². The number of fused-ring (bicyclic) bond motifs is 1. The largest absolute Gasteiger partial charge is 0.375 e. The van der Waals surface area contributed by atoms with E-state index in [-0.39, 0.29) is 0 Å². The van der Waals surface area contributed by atoms with Crippen LogP contribution >= 0.6 is 38.9 Å². The fraction of sp³-hybridized carbons (Fsp3) is 0. The number of benzene rings is 1. The Labute approximate surface area is 86.5 Å². The maximum Gasteiger partial charge on any atom is 0.181 e. The van der Waals surface area contributed by atoms with E-state index in [1.54, 1.807) is 0 Å². The molecule has 2 aromatic rings. The summed E-state index contributed by atoms with van der Waals surface area (Å²) in [5.41, 5.74) is 6.39. The van der Waals surface area contributed by atoms with Crippen LogP contribution in [0.2, 0.25) is 5.02 Å². The lowest BCUT2D eigenvalue weighted by Gasteiger charge is -1.92. The predicted molar refractivity (Wildman–Crippen MR) is 56.7 cm³/mol. The van der Waals surface area contributed by atoms with Crippen molar-refractivity contribution in [2.24, 2.45) is 0 Å². The molecule has 12 heavy (non-hydrogen) atoms. The zero-order valence-corrected chi connectivity index (χ0v) is 9.00. The molecule has 0 aliphatic carbocycles. The van der Waals surface area contributed by atoms with E-state index in [0.29, 0.717) is 10.2 Å². The molecule has 1 heterocycles. The number of nitrogen functional groups attached to an aromatic ring is 1. The summed E-state index contributed by atoms with van der Waals surface area (Å²) in [6.07, 6.45) is 0. The highest BCUT2D eigenvalue weighted by atomic mass is 79.9. The zero-order valence-electron chi connectivity index (χ0n) is 5.84. The molecule has 2 nitrogen and oxygen atoms in total. The molecule has 0 aliphatic rings. The Kier molecular flexibility index (Phi) is 1.98. The Bertz CT molecular complexity index is 401. The fourth-order valence-corrected chi connectivity index (χ4v) is 2.54. The number of halogens is 2. The van der Waals surface area contributed by atoms with E-state index in [2.05, 4.69) is 20.9 Å². The van der Waals surface area contributed by atoms with Crippen LogP contribution in [0.5, 0.6) is 0 Å². The Morgan fingerprint density at radius 3 is 2.92 bits per heavy atom. The highest BCUT2D eigenvalue weighted by Gasteiger charge is 2.07. The maximum atomic E-state index is 5.94. The molecule has 5 heteroatoms. The number of anilines is 1. The molecule has 0 saturated heterocycles. The van der Waals surface area contributed by atoms with E-state index in [4.69, 9.17) is 17.3 Å². The third-order valence-corrected chi connectivity index (χ3v) is 3.45. The molecule has 0 radical (unpaired) electrons. The average molecular weight is 264 g/mol. The minimum atomic E-state index is 0.541. The zero-order chi connectivity index (χ0) is 8.72. The highest BCUT2D eigenvalue weighted by molar-refractivity contribution is 9.10. The van der Waals surface area contributed by atoms with Crippen LogP contribution in [-0.2, 0) is 0 Å². The number of thiazole rings is 1. The van der Waals surface area contributed by atoms with Gasteiger partial charge in [0.05, 0.1) is 15.2 Å². The molecular formula is C7H4BrClN2S. The Hall–Kier alpha value is -0.320. The lowest BCUT2D eigenvalue weighted by molar-refractivity contribution is 1.48. The lowest BCUT2D eigenvalue weighted by Crippen LogP contribution is -1.79. The lowest BCUT2D eigenvalue weighted by atomic mass is 10.3. The normalized spacial score (nSPS) is 10.8. The minimum absolute atomic E-state index is 0.541. The molecule has 0 saturated carbocycles. The van der Waals surface area contributed by atoms with Crippen LogP contribution in [0.3, 0.4) is 0 Å². The summed E-state index contributed by atoms with van der Waals surface area (Å²) in [6.45, 7) is 0. The highest BCUT2D eigenvalue weighted by Crippen LogP contribution is 2.34. The first-order valence-electron chi connectivity index (χ1n) is 3.18. The topological polar surface area (TPSA) is 38.9 Å². The number of nitrogens with two attached hydrogens (primary N) is 1. The van der Waals surface area contributed by atoms with Crippen molar-refractivity contribution in [2.75, 3.05) is 5.73 Å². The molecule has 0 bridgehead atoms. The van der Waals surface area contributed by atoms with E-state index in [9.17, 15) is 0 Å². The van der Waals surface area contributed by atoms with Crippen molar-refractivity contribution >= 4 is 54.2 Å². The molecule has 0 amide bonds. The van der Waals surface area contributed by atoms with Gasteiger partial charge in [0.1, 0.15) is 0 Å². The molecular weight excluding hydrogens is 260 g/mol. The molecule has 62 valence electrons. The summed E-state index contributed by atoms with van der Waals surface area (Å²) in [4.78, 5) is 4.14. The first kappa shape index (κ1) is 8.29. The van der Waals surface area contributed by atoms with Crippen LogP contribution in [0.15, 0.2) is 16.6 Å². The predicted octanol–water partition coefficient (Wildman–Crippen LogP) is 3.29. The minimum Gasteiger partial charge on any atom is -0.375 e. The molecule has 0 spiro atoms. The van der Waals surface area contributed by atoms with Crippen molar-refractivity contribution in [3.63, 3.8) is 0 Å². The molecule has 1 aromatic heterocycles. The smallest absolute Gasteiger partial charge is 0.181 e. The second-order valence-corrected chi connectivity index (χ2v) is 4.55. The quantitative estimate of drug-likeness (QED) is 0.792. The van der Waals surface area contributed by atoms with Gasteiger partial charge in [-0.1, -0.05) is 22.9 Å². The van der Waals surface area contributed by atoms with Crippen LogP contribution in [0, 0.1) is 0 Å². The summed E-state index contributed by atoms with van der Waals surface area (Å²) < 4.78 is 1.86. The molecule has 0 aliphatic heterocycles. The Morgan fingerprint density at radius 2 is 2.25 bits per heavy atom. The molecule has 2 N–H and O–H groups in total. The van der Waals surface area contributed by atoms with Gasteiger partial charge in [-0.15, -0.1) is 0 Å². The van der Waals surface area contributed by atoms with Crippen molar-refractivity contribution in [3.8, 4) is 0 Å². The van der Waals surface area contributed by atoms with Gasteiger partial charge in [-0.3, -0.25) is 0 Å². The van der Waals surface area contributed by atoms with Crippen molar-refractivity contribution < 1.29 is 0 Å². The molecule has 2 rings (SSSR count). The maximum absolute atomic E-state index is 5.94. The standard InChI is InChI=1S/C7H4BrClN2S/c8-3-1-2-4(9)6-5(3)11-7(10)12-6/h1-2H,(H2,10,11).